The number of nitrogens with zero attached hydrogens (tertiary/aromatic N) is 4. The molecule has 0 radical (unpaired) electrons. The Morgan fingerprint density at radius 3 is 1.85 bits per heavy atom. The van der Waals surface area contributed by atoms with E-state index >= 15 is 0 Å². The van der Waals surface area contributed by atoms with Gasteiger partial charge in [0.25, 0.3) is 0 Å². The zero-order chi connectivity index (χ0) is 49.7. The van der Waals surface area contributed by atoms with Gasteiger partial charge >= 0.3 is 0 Å². The van der Waals surface area contributed by atoms with Gasteiger partial charge in [-0.2, -0.15) is 0 Å². The largest absolute Gasteiger partial charge is 0.454 e. The quantitative estimate of drug-likeness (QED) is 0.111. The van der Waals surface area contributed by atoms with Gasteiger partial charge in [0.2, 0.25) is 0 Å². The van der Waals surface area contributed by atoms with Gasteiger partial charge in [-0.25, -0.2) is 9.98 Å². The van der Waals surface area contributed by atoms with Crippen LogP contribution >= 0.6 is 0 Å². The van der Waals surface area contributed by atoms with Gasteiger partial charge in [-0.1, -0.05) is 209 Å². The van der Waals surface area contributed by atoms with E-state index in [0.717, 1.165) is 105 Å². The van der Waals surface area contributed by atoms with E-state index in [9.17, 15) is 0 Å². The van der Waals surface area contributed by atoms with E-state index in [4.69, 9.17) is 21.0 Å². The van der Waals surface area contributed by atoms with Crippen LogP contribution in [0, 0.1) is 0 Å². The van der Waals surface area contributed by atoms with Crippen molar-refractivity contribution in [3.8, 4) is 39.1 Å². The number of amidine groups is 1. The van der Waals surface area contributed by atoms with Gasteiger partial charge in [0.1, 0.15) is 11.4 Å². The molecule has 0 saturated carbocycles. The minimum Gasteiger partial charge on any atom is -0.454 e. The van der Waals surface area contributed by atoms with Gasteiger partial charge in [-0.3, -0.25) is 4.57 Å². The molecule has 0 saturated heterocycles. The van der Waals surface area contributed by atoms with Crippen LogP contribution in [-0.4, -0.2) is 20.7 Å². The molecule has 3 aromatic heterocycles. The van der Waals surface area contributed by atoms with Crippen molar-refractivity contribution in [3.05, 3.63) is 266 Å². The number of para-hydroxylation sites is 3. The number of hydrogen-bond donors (Lipinski definition) is 0. The number of allylic oxidation sites excluding steroid dienone is 1. The summed E-state index contributed by atoms with van der Waals surface area (Å²) < 4.78 is 11.5. The number of furan rings is 1. The van der Waals surface area contributed by atoms with Gasteiger partial charge in [0.05, 0.1) is 33.5 Å². The molecule has 0 spiro atoms. The summed E-state index contributed by atoms with van der Waals surface area (Å²) in [6.07, 6.45) is 1.82. The van der Waals surface area contributed by atoms with Crippen LogP contribution < -0.4 is 0 Å². The molecule has 1 aliphatic carbocycles. The van der Waals surface area contributed by atoms with Crippen molar-refractivity contribution in [3.63, 3.8) is 0 Å². The van der Waals surface area contributed by atoms with Crippen LogP contribution in [0.15, 0.2) is 258 Å². The second kappa shape index (κ2) is 16.8. The van der Waals surface area contributed by atoms with Crippen molar-refractivity contribution in [2.75, 3.05) is 0 Å². The number of fused-ring (bicyclic) bond motifs is 12. The predicted molar refractivity (Wildman–Crippen MR) is 311 cm³/mol. The topological polar surface area (TPSA) is 47.7 Å². The van der Waals surface area contributed by atoms with E-state index in [0.29, 0.717) is 11.7 Å². The lowest BCUT2D eigenvalue weighted by molar-refractivity contribution is 0.660. The molecule has 10 aromatic carbocycles. The minimum absolute atomic E-state index is 0.211. The van der Waals surface area contributed by atoms with E-state index in [1.165, 1.54) is 27.8 Å². The molecule has 0 fully saturated rings. The standard InChI is InChI=1S/C69H48N4O/c1-5-59(47-23-10-7-11-24-47)71-68(53-29-20-31-58-66(53)52-28-12-16-30-57(52)69(58,3)4)70-43(2)72-60-32-17-13-25-49(60)54-42-63-55(41-62(54)72)50-26-14-18-33-61(50)73(63)64-40-48(39-56-51-27-15-19-34-65(51)74-67(56)64)46-37-35-45(36-38-46)44-21-8-6-9-22-44/h5-42H,1-2H2,3-4H3/b70-68-,71-59+. The zero-order valence-corrected chi connectivity index (χ0v) is 41.1. The fraction of sp³-hybridized carbons (Fsp3) is 0.0435. The highest BCUT2D eigenvalue weighted by atomic mass is 16.3. The lowest BCUT2D eigenvalue weighted by atomic mass is 9.82. The van der Waals surface area contributed by atoms with Gasteiger partial charge in [0, 0.05) is 48.9 Å². The molecular weight excluding hydrogens is 901 g/mol. The van der Waals surface area contributed by atoms with Crippen molar-refractivity contribution in [2.45, 2.75) is 19.3 Å². The highest BCUT2D eigenvalue weighted by molar-refractivity contribution is 6.22. The summed E-state index contributed by atoms with van der Waals surface area (Å²) in [5, 5.41) is 6.56. The average molecular weight is 949 g/mol. The zero-order valence-electron chi connectivity index (χ0n) is 41.1. The lowest BCUT2D eigenvalue weighted by Crippen LogP contribution is -2.15. The van der Waals surface area contributed by atoms with Crippen molar-refractivity contribution in [2.24, 2.45) is 9.98 Å². The molecule has 0 amide bonds. The highest BCUT2D eigenvalue weighted by Gasteiger charge is 2.37. The molecule has 0 unspecified atom stereocenters. The molecule has 14 rings (SSSR count). The second-order valence-electron chi connectivity index (χ2n) is 19.8. The number of aliphatic imine (C=N–C) groups is 2. The van der Waals surface area contributed by atoms with E-state index in [1.807, 2.05) is 30.3 Å². The second-order valence-corrected chi connectivity index (χ2v) is 19.8. The maximum atomic E-state index is 6.89. The van der Waals surface area contributed by atoms with Gasteiger partial charge in [-0.05, 0) is 93.0 Å². The lowest BCUT2D eigenvalue weighted by Gasteiger charge is -2.21. The Labute approximate surface area is 428 Å². The summed E-state index contributed by atoms with van der Waals surface area (Å²) >= 11 is 0. The summed E-state index contributed by atoms with van der Waals surface area (Å²) in [6, 6.07) is 79.8. The molecule has 5 heteroatoms. The first-order chi connectivity index (χ1) is 36.3. The molecule has 0 aliphatic heterocycles. The molecule has 0 bridgehead atoms. The number of hydrogen-bond acceptors (Lipinski definition) is 2. The van der Waals surface area contributed by atoms with Crippen LogP contribution in [0.3, 0.4) is 0 Å². The normalized spacial score (nSPS) is 13.4. The number of rotatable bonds is 8. The van der Waals surface area contributed by atoms with Crippen LogP contribution in [0.2, 0.25) is 0 Å². The molecule has 350 valence electrons. The summed E-state index contributed by atoms with van der Waals surface area (Å²) in [5.74, 6) is 1.11. The van der Waals surface area contributed by atoms with Crippen LogP contribution in [-0.2, 0) is 5.41 Å². The van der Waals surface area contributed by atoms with Crippen LogP contribution in [0.1, 0.15) is 36.1 Å². The first kappa shape index (κ1) is 43.2. The third-order valence-electron chi connectivity index (χ3n) is 15.3. The molecule has 13 aromatic rings. The Kier molecular flexibility index (Phi) is 9.79. The first-order valence-corrected chi connectivity index (χ1v) is 25.2. The smallest absolute Gasteiger partial charge is 0.162 e. The van der Waals surface area contributed by atoms with Crippen LogP contribution in [0.4, 0.5) is 0 Å². The number of benzene rings is 10. The third-order valence-corrected chi connectivity index (χ3v) is 15.3. The maximum absolute atomic E-state index is 6.89. The fourth-order valence-electron chi connectivity index (χ4n) is 11.8. The van der Waals surface area contributed by atoms with E-state index in [2.05, 4.69) is 230 Å². The summed E-state index contributed by atoms with van der Waals surface area (Å²) in [5.41, 5.74) is 18.7. The van der Waals surface area contributed by atoms with Gasteiger partial charge in [0.15, 0.2) is 11.4 Å². The first-order valence-electron chi connectivity index (χ1n) is 25.2. The van der Waals surface area contributed by atoms with Crippen LogP contribution in [0.25, 0.3) is 110 Å². The average Bonchev–Trinajstić information content (AvgIpc) is 4.23. The van der Waals surface area contributed by atoms with E-state index in [1.54, 1.807) is 0 Å². The summed E-state index contributed by atoms with van der Waals surface area (Å²) in [6.45, 7) is 13.7. The molecule has 5 nitrogen and oxygen atoms in total. The highest BCUT2D eigenvalue weighted by Crippen LogP contribution is 2.50. The summed E-state index contributed by atoms with van der Waals surface area (Å²) in [4.78, 5) is 11.0. The van der Waals surface area contributed by atoms with Crippen molar-refractivity contribution in [1.29, 1.82) is 0 Å². The van der Waals surface area contributed by atoms with Crippen molar-refractivity contribution < 1.29 is 4.42 Å². The number of aromatic nitrogens is 2. The van der Waals surface area contributed by atoms with Gasteiger partial charge in [-0.15, -0.1) is 0 Å². The third kappa shape index (κ3) is 6.63. The SMILES string of the molecule is C=C/C(=N\C(=N/C(=C)n1c2ccccc2c2cc3c(cc21)c1ccccc1n3-c1cc(-c2ccc(-c3ccccc3)cc2)cc2c1oc1ccccc12)c1cccc2c1-c1ccccc1C2(C)C)c1ccccc1. The molecular formula is C69H48N4O. The van der Waals surface area contributed by atoms with Gasteiger partial charge < -0.3 is 8.98 Å². The predicted octanol–water partition coefficient (Wildman–Crippen LogP) is 18.0. The minimum atomic E-state index is -0.211. The molecule has 0 atom stereocenters. The molecule has 0 N–H and O–H groups in total. The van der Waals surface area contributed by atoms with Crippen molar-refractivity contribution in [1.82, 2.24) is 9.13 Å². The Bertz CT molecular complexity index is 4520. The van der Waals surface area contributed by atoms with E-state index in [-0.39, 0.29) is 5.41 Å². The monoisotopic (exact) mass is 948 g/mol. The molecule has 3 heterocycles. The molecule has 74 heavy (non-hydrogen) atoms. The maximum Gasteiger partial charge on any atom is 0.162 e. The van der Waals surface area contributed by atoms with E-state index < -0.39 is 0 Å². The molecule has 1 aliphatic rings. The Balaban J connectivity index is 1.00. The Hall–Kier alpha value is -9.58. The fourth-order valence-corrected chi connectivity index (χ4v) is 11.8. The van der Waals surface area contributed by atoms with Crippen LogP contribution in [0.5, 0.6) is 0 Å². The Morgan fingerprint density at radius 1 is 0.486 bits per heavy atom. The Morgan fingerprint density at radius 2 is 1.08 bits per heavy atom. The van der Waals surface area contributed by atoms with Crippen molar-refractivity contribution >= 4 is 82.9 Å². The summed E-state index contributed by atoms with van der Waals surface area (Å²) in [7, 11) is 0.